The van der Waals surface area contributed by atoms with E-state index >= 15 is 0 Å². The number of allylic oxidation sites excluding steroid dienone is 2. The van der Waals surface area contributed by atoms with Crippen LogP contribution < -0.4 is 4.90 Å². The minimum absolute atomic E-state index is 0.0866. The second-order valence-corrected chi connectivity index (χ2v) is 7.07. The Morgan fingerprint density at radius 3 is 2.67 bits per heavy atom. The molecule has 1 aromatic carbocycles. The van der Waals surface area contributed by atoms with Crippen molar-refractivity contribution in [1.29, 1.82) is 0 Å². The Morgan fingerprint density at radius 1 is 1.08 bits per heavy atom. The summed E-state index contributed by atoms with van der Waals surface area (Å²) in [6, 6.07) is 10.2. The van der Waals surface area contributed by atoms with Crippen molar-refractivity contribution in [1.82, 2.24) is 0 Å². The fraction of sp³-hybridized carbons (Fsp3) is 0.263. The molecule has 2 aromatic rings. The van der Waals surface area contributed by atoms with Crippen LogP contribution in [0.3, 0.4) is 0 Å². The minimum atomic E-state index is -0.440. The van der Waals surface area contributed by atoms with Gasteiger partial charge in [0.25, 0.3) is 0 Å². The maximum absolute atomic E-state index is 14.3. The van der Waals surface area contributed by atoms with Crippen molar-refractivity contribution in [3.8, 4) is 0 Å². The number of hydrogen-bond donors (Lipinski definition) is 0. The molecule has 4 rings (SSSR count). The van der Waals surface area contributed by atoms with E-state index in [1.807, 2.05) is 17.5 Å². The van der Waals surface area contributed by atoms with Crippen molar-refractivity contribution in [3.63, 3.8) is 0 Å². The van der Waals surface area contributed by atoms with Crippen LogP contribution in [0.2, 0.25) is 0 Å². The SMILES string of the molecule is O=C1CCCC2=C1C(c1cccs1)CC(=O)N2c1ccccc1F. The molecule has 3 nitrogen and oxygen atoms in total. The number of ketones is 1. The first-order valence-electron chi connectivity index (χ1n) is 8.04. The fourth-order valence-corrected chi connectivity index (χ4v) is 4.47. The van der Waals surface area contributed by atoms with E-state index < -0.39 is 5.82 Å². The zero-order valence-electron chi connectivity index (χ0n) is 13.0. The van der Waals surface area contributed by atoms with Crippen LogP contribution in [-0.2, 0) is 9.59 Å². The lowest BCUT2D eigenvalue weighted by molar-refractivity contribution is -0.119. The first kappa shape index (κ1) is 15.3. The predicted octanol–water partition coefficient (Wildman–Crippen LogP) is 4.41. The summed E-state index contributed by atoms with van der Waals surface area (Å²) in [5.41, 5.74) is 1.63. The number of hydrogen-bond acceptors (Lipinski definition) is 3. The Hall–Kier alpha value is -2.27. The van der Waals surface area contributed by atoms with Gasteiger partial charge in [-0.2, -0.15) is 0 Å². The number of amides is 1. The maximum Gasteiger partial charge on any atom is 0.232 e. The van der Waals surface area contributed by atoms with Crippen LogP contribution >= 0.6 is 11.3 Å². The molecule has 5 heteroatoms. The molecule has 24 heavy (non-hydrogen) atoms. The average molecular weight is 341 g/mol. The Morgan fingerprint density at radius 2 is 1.92 bits per heavy atom. The van der Waals surface area contributed by atoms with Crippen LogP contribution in [-0.4, -0.2) is 11.7 Å². The summed E-state index contributed by atoms with van der Waals surface area (Å²) in [7, 11) is 0. The van der Waals surface area contributed by atoms with Gasteiger partial charge in [-0.05, 0) is 36.4 Å². The van der Waals surface area contributed by atoms with E-state index in [0.717, 1.165) is 4.88 Å². The molecular formula is C19H16FNO2S. The second kappa shape index (κ2) is 5.98. The molecule has 1 unspecified atom stereocenters. The molecule has 1 atom stereocenters. The monoisotopic (exact) mass is 341 g/mol. The van der Waals surface area contributed by atoms with Gasteiger partial charge in [0.15, 0.2) is 5.78 Å². The molecule has 1 amide bonds. The largest absolute Gasteiger partial charge is 0.294 e. The molecule has 0 N–H and O–H groups in total. The second-order valence-electron chi connectivity index (χ2n) is 6.09. The molecular weight excluding hydrogens is 325 g/mol. The van der Waals surface area contributed by atoms with Gasteiger partial charge in [-0.1, -0.05) is 18.2 Å². The number of rotatable bonds is 2. The topological polar surface area (TPSA) is 37.4 Å². The summed E-state index contributed by atoms with van der Waals surface area (Å²) >= 11 is 1.56. The van der Waals surface area contributed by atoms with E-state index in [2.05, 4.69) is 0 Å². The molecule has 0 fully saturated rings. The van der Waals surface area contributed by atoms with Crippen LogP contribution in [0.1, 0.15) is 36.5 Å². The molecule has 0 saturated carbocycles. The Bertz CT molecular complexity index is 841. The van der Waals surface area contributed by atoms with Crippen LogP contribution in [0, 0.1) is 5.82 Å². The van der Waals surface area contributed by atoms with Crippen molar-refractivity contribution >= 4 is 28.7 Å². The van der Waals surface area contributed by atoms with Gasteiger partial charge in [0.2, 0.25) is 5.91 Å². The van der Waals surface area contributed by atoms with Crippen molar-refractivity contribution in [2.24, 2.45) is 0 Å². The maximum atomic E-state index is 14.3. The summed E-state index contributed by atoms with van der Waals surface area (Å²) in [6.45, 7) is 0. The van der Waals surface area contributed by atoms with Gasteiger partial charge in [-0.25, -0.2) is 4.39 Å². The van der Waals surface area contributed by atoms with Crippen molar-refractivity contribution in [2.45, 2.75) is 31.6 Å². The molecule has 0 radical (unpaired) electrons. The molecule has 2 aliphatic rings. The molecule has 122 valence electrons. The van der Waals surface area contributed by atoms with E-state index in [0.29, 0.717) is 30.5 Å². The number of benzene rings is 1. The molecule has 0 saturated heterocycles. The standard InChI is InChI=1S/C19H16FNO2S/c20-13-5-1-2-6-14(13)21-15-7-3-8-16(22)19(15)12(11-18(21)23)17-9-4-10-24-17/h1-2,4-6,9-10,12H,3,7-8,11H2. The number of thiophene rings is 1. The molecule has 1 aliphatic carbocycles. The highest BCUT2D eigenvalue weighted by Crippen LogP contribution is 2.44. The normalized spacial score (nSPS) is 21.2. The van der Waals surface area contributed by atoms with Crippen LogP contribution in [0.5, 0.6) is 0 Å². The fourth-order valence-electron chi connectivity index (χ4n) is 3.64. The highest BCUT2D eigenvalue weighted by molar-refractivity contribution is 7.10. The van der Waals surface area contributed by atoms with E-state index in [-0.39, 0.29) is 29.7 Å². The number of para-hydroxylation sites is 1. The first-order chi connectivity index (χ1) is 11.7. The van der Waals surface area contributed by atoms with Gasteiger partial charge in [0.05, 0.1) is 5.69 Å². The molecule has 1 aromatic heterocycles. The van der Waals surface area contributed by atoms with Gasteiger partial charge in [-0.3, -0.25) is 14.5 Å². The Labute approximate surface area is 143 Å². The number of carbonyl (C=O) groups is 2. The third-order valence-corrected chi connectivity index (χ3v) is 5.64. The van der Waals surface area contributed by atoms with E-state index in [1.165, 1.54) is 11.0 Å². The number of anilines is 1. The van der Waals surface area contributed by atoms with Gasteiger partial charge in [0, 0.05) is 34.9 Å². The molecule has 1 aliphatic heterocycles. The quantitative estimate of drug-likeness (QED) is 0.811. The summed E-state index contributed by atoms with van der Waals surface area (Å²) in [5.74, 6) is -0.691. The van der Waals surface area contributed by atoms with E-state index in [9.17, 15) is 14.0 Å². The third kappa shape index (κ3) is 2.40. The van der Waals surface area contributed by atoms with E-state index in [1.54, 1.807) is 29.5 Å². The van der Waals surface area contributed by atoms with Crippen LogP contribution in [0.15, 0.2) is 53.0 Å². The zero-order valence-corrected chi connectivity index (χ0v) is 13.8. The summed E-state index contributed by atoms with van der Waals surface area (Å²) in [6.07, 6.45) is 2.04. The Kier molecular flexibility index (Phi) is 3.81. The minimum Gasteiger partial charge on any atom is -0.294 e. The van der Waals surface area contributed by atoms with Crippen molar-refractivity contribution in [3.05, 3.63) is 63.7 Å². The summed E-state index contributed by atoms with van der Waals surface area (Å²) < 4.78 is 14.3. The number of nitrogens with zero attached hydrogens (tertiary/aromatic N) is 1. The molecule has 2 heterocycles. The van der Waals surface area contributed by atoms with Gasteiger partial charge in [0.1, 0.15) is 5.82 Å². The summed E-state index contributed by atoms with van der Waals surface area (Å²) in [5, 5.41) is 1.95. The number of carbonyl (C=O) groups excluding carboxylic acids is 2. The highest BCUT2D eigenvalue weighted by atomic mass is 32.1. The van der Waals surface area contributed by atoms with Crippen LogP contribution in [0.25, 0.3) is 0 Å². The smallest absolute Gasteiger partial charge is 0.232 e. The number of halogens is 1. The Balaban J connectivity index is 1.89. The van der Waals surface area contributed by atoms with Crippen molar-refractivity contribution in [2.75, 3.05) is 4.90 Å². The summed E-state index contributed by atoms with van der Waals surface area (Å²) in [4.78, 5) is 27.9. The third-order valence-electron chi connectivity index (χ3n) is 4.66. The highest BCUT2D eigenvalue weighted by Gasteiger charge is 2.40. The number of Topliss-reactive ketones (excluding diaryl/α,β-unsaturated/α-hetero) is 1. The van der Waals surface area contributed by atoms with Crippen molar-refractivity contribution < 1.29 is 14.0 Å². The lowest BCUT2D eigenvalue weighted by Crippen LogP contribution is -2.40. The van der Waals surface area contributed by atoms with Gasteiger partial charge in [-0.15, -0.1) is 11.3 Å². The lowest BCUT2D eigenvalue weighted by atomic mass is 9.79. The van der Waals surface area contributed by atoms with E-state index in [4.69, 9.17) is 0 Å². The molecule has 0 bridgehead atoms. The molecule has 0 spiro atoms. The predicted molar refractivity (Wildman–Crippen MR) is 91.4 cm³/mol. The van der Waals surface area contributed by atoms with Gasteiger partial charge >= 0.3 is 0 Å². The average Bonchev–Trinajstić information content (AvgIpc) is 3.10. The van der Waals surface area contributed by atoms with Gasteiger partial charge < -0.3 is 0 Å². The van der Waals surface area contributed by atoms with Crippen LogP contribution in [0.4, 0.5) is 10.1 Å². The first-order valence-corrected chi connectivity index (χ1v) is 8.92. The lowest BCUT2D eigenvalue weighted by Gasteiger charge is -2.38. The zero-order chi connectivity index (χ0) is 16.7.